The molecule has 0 atom stereocenters. The molecule has 0 bridgehead atoms. The van der Waals surface area contributed by atoms with Gasteiger partial charge in [-0.05, 0) is 15.7 Å². The smallest absolute Gasteiger partial charge is 0.225 e. The molecule has 15 heavy (non-hydrogen) atoms. The van der Waals surface area contributed by atoms with E-state index in [2.05, 4.69) is 46.4 Å². The van der Waals surface area contributed by atoms with Crippen LogP contribution in [0.1, 0.15) is 0 Å². The van der Waals surface area contributed by atoms with E-state index in [4.69, 9.17) is 0 Å². The van der Waals surface area contributed by atoms with Gasteiger partial charge in [-0.2, -0.15) is 10.1 Å². The lowest BCUT2D eigenvalue weighted by Crippen LogP contribution is -2.22. The molecular weight excluding hydrogens is 200 g/mol. The summed E-state index contributed by atoms with van der Waals surface area (Å²) < 4.78 is 0. The van der Waals surface area contributed by atoms with E-state index >= 15 is 0 Å². The molecule has 0 unspecified atom stereocenters. The maximum absolute atomic E-state index is 4.12. The maximum Gasteiger partial charge on any atom is 0.225 e. The number of aromatic nitrogens is 6. The summed E-state index contributed by atoms with van der Waals surface area (Å²) >= 11 is 0. The van der Waals surface area contributed by atoms with Gasteiger partial charge in [0.05, 0.1) is 0 Å². The van der Waals surface area contributed by atoms with Crippen LogP contribution in [-0.4, -0.2) is 42.8 Å². The number of nitrogens with one attached hydrogen (secondary N) is 1. The van der Waals surface area contributed by atoms with Crippen molar-refractivity contribution in [2.75, 3.05) is 12.5 Å². The second kappa shape index (κ2) is 2.73. The Morgan fingerprint density at radius 3 is 2.60 bits per heavy atom. The highest BCUT2D eigenvalue weighted by molar-refractivity contribution is 5.71. The van der Waals surface area contributed by atoms with E-state index in [0.717, 1.165) is 0 Å². The summed E-state index contributed by atoms with van der Waals surface area (Å²) in [5, 5.41) is 23.1. The molecular formula is C5H4N10. The van der Waals surface area contributed by atoms with Crippen molar-refractivity contribution in [1.29, 1.82) is 0 Å². The molecule has 10 heteroatoms. The van der Waals surface area contributed by atoms with Gasteiger partial charge in [0.25, 0.3) is 0 Å². The monoisotopic (exact) mass is 204 g/mol. The fourth-order valence-electron chi connectivity index (χ4n) is 1.10. The SMILES string of the molecule is CN1N=Nc2nc3nnnnc3nc2N1. The molecule has 1 aliphatic rings. The molecule has 3 rings (SSSR count). The first kappa shape index (κ1) is 7.84. The summed E-state index contributed by atoms with van der Waals surface area (Å²) in [6, 6.07) is 0. The number of fused-ring (bicyclic) bond motifs is 2. The van der Waals surface area contributed by atoms with Crippen molar-refractivity contribution in [3.63, 3.8) is 0 Å². The number of nitrogens with zero attached hydrogens (tertiary/aromatic N) is 9. The minimum Gasteiger partial charge on any atom is -0.261 e. The van der Waals surface area contributed by atoms with Gasteiger partial charge in [0, 0.05) is 7.05 Å². The molecule has 0 fully saturated rings. The number of rotatable bonds is 0. The highest BCUT2D eigenvalue weighted by Crippen LogP contribution is 2.25. The molecule has 1 N–H and O–H groups in total. The first-order valence-electron chi connectivity index (χ1n) is 3.99. The quantitative estimate of drug-likeness (QED) is 0.609. The Morgan fingerprint density at radius 2 is 1.80 bits per heavy atom. The molecule has 0 radical (unpaired) electrons. The minimum absolute atomic E-state index is 0.286. The van der Waals surface area contributed by atoms with Crippen LogP contribution in [0.5, 0.6) is 0 Å². The molecule has 0 aromatic carbocycles. The number of hydrazine groups is 1. The fourth-order valence-corrected chi connectivity index (χ4v) is 1.10. The molecule has 1 aliphatic heterocycles. The lowest BCUT2D eigenvalue weighted by atomic mass is 10.5. The zero-order chi connectivity index (χ0) is 10.3. The minimum atomic E-state index is 0.286. The van der Waals surface area contributed by atoms with Crippen molar-refractivity contribution in [2.45, 2.75) is 0 Å². The van der Waals surface area contributed by atoms with Crippen LogP contribution in [0.25, 0.3) is 11.3 Å². The van der Waals surface area contributed by atoms with Gasteiger partial charge in [-0.25, -0.2) is 4.98 Å². The highest BCUT2D eigenvalue weighted by Gasteiger charge is 2.15. The van der Waals surface area contributed by atoms with E-state index in [1.807, 2.05) is 0 Å². The largest absolute Gasteiger partial charge is 0.261 e. The Labute approximate surface area is 82.4 Å². The van der Waals surface area contributed by atoms with Crippen LogP contribution in [0.15, 0.2) is 10.3 Å². The van der Waals surface area contributed by atoms with Crippen LogP contribution < -0.4 is 5.43 Å². The zero-order valence-electron chi connectivity index (χ0n) is 7.52. The molecule has 0 saturated carbocycles. The van der Waals surface area contributed by atoms with Gasteiger partial charge in [0.15, 0.2) is 5.82 Å². The fraction of sp³-hybridized carbons (Fsp3) is 0.200. The highest BCUT2D eigenvalue weighted by atomic mass is 15.8. The van der Waals surface area contributed by atoms with E-state index in [-0.39, 0.29) is 5.65 Å². The Kier molecular flexibility index (Phi) is 1.43. The number of anilines is 1. The van der Waals surface area contributed by atoms with E-state index in [1.165, 1.54) is 5.12 Å². The summed E-state index contributed by atoms with van der Waals surface area (Å²) in [6.45, 7) is 0. The first-order chi connectivity index (χ1) is 7.33. The Hall–Kier alpha value is -2.52. The van der Waals surface area contributed by atoms with Crippen molar-refractivity contribution in [1.82, 2.24) is 35.7 Å². The standard InChI is InChI=1S/C5H4N10/c1-15-11-5-4(10-14-15)6-2-3(7-5)9-13-12-8-2/h1H3,(H,7,9,11,12). The van der Waals surface area contributed by atoms with Gasteiger partial charge in [-0.3, -0.25) is 5.43 Å². The lowest BCUT2D eigenvalue weighted by Gasteiger charge is -2.17. The maximum atomic E-state index is 4.12. The average molecular weight is 204 g/mol. The normalized spacial score (nSPS) is 13.8. The lowest BCUT2D eigenvalue weighted by molar-refractivity contribution is 0.389. The van der Waals surface area contributed by atoms with Crippen LogP contribution in [0, 0.1) is 0 Å². The van der Waals surface area contributed by atoms with E-state index in [1.54, 1.807) is 7.05 Å². The van der Waals surface area contributed by atoms with Gasteiger partial charge in [0.2, 0.25) is 17.1 Å². The summed E-state index contributed by atoms with van der Waals surface area (Å²) in [5.74, 6) is 0.810. The van der Waals surface area contributed by atoms with Crippen molar-refractivity contribution in [2.24, 2.45) is 10.3 Å². The van der Waals surface area contributed by atoms with Crippen molar-refractivity contribution in [3.05, 3.63) is 0 Å². The molecule has 0 amide bonds. The molecule has 2 aromatic heterocycles. The molecule has 74 valence electrons. The molecule has 3 heterocycles. The third-order valence-electron chi connectivity index (χ3n) is 1.70. The van der Waals surface area contributed by atoms with Gasteiger partial charge < -0.3 is 0 Å². The van der Waals surface area contributed by atoms with Crippen molar-refractivity contribution >= 4 is 22.9 Å². The second-order valence-electron chi connectivity index (χ2n) is 2.75. The van der Waals surface area contributed by atoms with Crippen LogP contribution in [0.4, 0.5) is 11.6 Å². The number of hydrogen-bond acceptors (Lipinski definition) is 10. The topological polar surface area (TPSA) is 117 Å². The summed E-state index contributed by atoms with van der Waals surface area (Å²) in [7, 11) is 1.69. The van der Waals surface area contributed by atoms with E-state index < -0.39 is 0 Å². The van der Waals surface area contributed by atoms with Crippen LogP contribution >= 0.6 is 0 Å². The van der Waals surface area contributed by atoms with E-state index in [9.17, 15) is 0 Å². The number of hydrogen-bond donors (Lipinski definition) is 1. The van der Waals surface area contributed by atoms with E-state index in [0.29, 0.717) is 17.3 Å². The van der Waals surface area contributed by atoms with Gasteiger partial charge >= 0.3 is 0 Å². The Morgan fingerprint density at radius 1 is 1.07 bits per heavy atom. The predicted molar refractivity (Wildman–Crippen MR) is 46.6 cm³/mol. The summed E-state index contributed by atoms with van der Waals surface area (Å²) in [5.41, 5.74) is 3.43. The average Bonchev–Trinajstić information content (AvgIpc) is 2.26. The van der Waals surface area contributed by atoms with Crippen molar-refractivity contribution < 1.29 is 0 Å². The van der Waals surface area contributed by atoms with Crippen LogP contribution in [0.3, 0.4) is 0 Å². The summed E-state index contributed by atoms with van der Waals surface area (Å²) in [4.78, 5) is 8.18. The zero-order valence-corrected chi connectivity index (χ0v) is 7.52. The molecule has 0 spiro atoms. The third kappa shape index (κ3) is 1.19. The summed E-state index contributed by atoms with van der Waals surface area (Å²) in [6.07, 6.45) is 0. The van der Waals surface area contributed by atoms with Crippen LogP contribution in [-0.2, 0) is 0 Å². The third-order valence-corrected chi connectivity index (χ3v) is 1.70. The molecule has 0 saturated heterocycles. The first-order valence-corrected chi connectivity index (χ1v) is 3.99. The molecule has 0 aliphatic carbocycles. The molecule has 2 aromatic rings. The second-order valence-corrected chi connectivity index (χ2v) is 2.75. The van der Waals surface area contributed by atoms with Crippen molar-refractivity contribution in [3.8, 4) is 0 Å². The van der Waals surface area contributed by atoms with Gasteiger partial charge in [-0.15, -0.1) is 15.3 Å². The Balaban J connectivity index is 2.26. The Bertz CT molecular complexity index is 549. The predicted octanol–water partition coefficient (Wildman–Crippen LogP) is -0.519. The van der Waals surface area contributed by atoms with Gasteiger partial charge in [0.1, 0.15) is 0 Å². The van der Waals surface area contributed by atoms with Gasteiger partial charge in [-0.1, -0.05) is 0 Å². The van der Waals surface area contributed by atoms with Crippen LogP contribution in [0.2, 0.25) is 0 Å². The molecule has 10 nitrogen and oxygen atoms in total.